The summed E-state index contributed by atoms with van der Waals surface area (Å²) in [6, 6.07) is 3.82. The zero-order valence-electron chi connectivity index (χ0n) is 11.1. The minimum absolute atomic E-state index is 0.139. The molecule has 0 saturated carbocycles. The Kier molecular flexibility index (Phi) is 4.54. The van der Waals surface area contributed by atoms with Gasteiger partial charge in [-0.3, -0.25) is 4.79 Å². The standard InChI is InChI=1S/C12H16ClN3O4S/c13-9-2-1-8(21(15,18)19)7-10(9)16-11(17)12(14)3-5-20-6-4-12/h1-2,7H,3-6,14H2,(H,16,17)(H2,15,18,19). The van der Waals surface area contributed by atoms with Crippen LogP contribution in [0.25, 0.3) is 0 Å². The second-order valence-electron chi connectivity index (χ2n) is 4.91. The molecule has 1 saturated heterocycles. The van der Waals surface area contributed by atoms with Crippen LogP contribution in [0.1, 0.15) is 12.8 Å². The molecule has 1 aliphatic rings. The Morgan fingerprint density at radius 2 is 1.95 bits per heavy atom. The van der Waals surface area contributed by atoms with Crippen LogP contribution in [-0.4, -0.2) is 33.1 Å². The normalized spacial score (nSPS) is 18.2. The highest BCUT2D eigenvalue weighted by Crippen LogP contribution is 2.27. The van der Waals surface area contributed by atoms with E-state index in [1.54, 1.807) is 0 Å². The molecular weight excluding hydrogens is 318 g/mol. The number of halogens is 1. The van der Waals surface area contributed by atoms with Crippen LogP contribution >= 0.6 is 11.6 Å². The average molecular weight is 334 g/mol. The van der Waals surface area contributed by atoms with Crippen molar-refractivity contribution in [2.75, 3.05) is 18.5 Å². The molecule has 0 aliphatic carbocycles. The number of nitrogens with one attached hydrogen (secondary N) is 1. The Hall–Kier alpha value is -1.19. The van der Waals surface area contributed by atoms with Crippen LogP contribution in [-0.2, 0) is 19.6 Å². The van der Waals surface area contributed by atoms with Gasteiger partial charge in [-0.15, -0.1) is 0 Å². The van der Waals surface area contributed by atoms with Crippen molar-refractivity contribution in [3.05, 3.63) is 23.2 Å². The summed E-state index contributed by atoms with van der Waals surface area (Å²) in [5, 5.41) is 7.81. The predicted octanol–water partition coefficient (Wildman–Crippen LogP) is 0.434. The van der Waals surface area contributed by atoms with Gasteiger partial charge in [0.1, 0.15) is 5.54 Å². The number of hydrogen-bond donors (Lipinski definition) is 3. The second kappa shape index (κ2) is 5.90. The second-order valence-corrected chi connectivity index (χ2v) is 6.88. The van der Waals surface area contributed by atoms with Crippen LogP contribution in [0.3, 0.4) is 0 Å². The van der Waals surface area contributed by atoms with Crippen molar-refractivity contribution < 1.29 is 17.9 Å². The number of benzene rings is 1. The van der Waals surface area contributed by atoms with Crippen LogP contribution in [0.2, 0.25) is 5.02 Å². The van der Waals surface area contributed by atoms with Gasteiger partial charge in [0.15, 0.2) is 0 Å². The minimum atomic E-state index is -3.88. The summed E-state index contributed by atoms with van der Waals surface area (Å²) in [5.74, 6) is -0.431. The highest BCUT2D eigenvalue weighted by molar-refractivity contribution is 7.89. The first-order valence-electron chi connectivity index (χ1n) is 6.23. The Morgan fingerprint density at radius 1 is 1.33 bits per heavy atom. The van der Waals surface area contributed by atoms with Gasteiger partial charge in [-0.1, -0.05) is 11.6 Å². The number of ether oxygens (including phenoxy) is 1. The third-order valence-electron chi connectivity index (χ3n) is 3.35. The maximum Gasteiger partial charge on any atom is 0.244 e. The number of carbonyl (C=O) groups is 1. The monoisotopic (exact) mass is 333 g/mol. The molecule has 0 atom stereocenters. The smallest absolute Gasteiger partial charge is 0.244 e. The van der Waals surface area contributed by atoms with Gasteiger partial charge in [-0.2, -0.15) is 0 Å². The predicted molar refractivity (Wildman–Crippen MR) is 78.4 cm³/mol. The van der Waals surface area contributed by atoms with E-state index < -0.39 is 21.5 Å². The number of anilines is 1. The maximum absolute atomic E-state index is 12.3. The third kappa shape index (κ3) is 3.72. The number of sulfonamides is 1. The number of primary sulfonamides is 1. The number of rotatable bonds is 3. The first kappa shape index (κ1) is 16.2. The molecule has 5 N–H and O–H groups in total. The van der Waals surface area contributed by atoms with E-state index >= 15 is 0 Å². The molecule has 21 heavy (non-hydrogen) atoms. The molecule has 7 nitrogen and oxygen atoms in total. The van der Waals surface area contributed by atoms with E-state index in [0.717, 1.165) is 0 Å². The number of amides is 1. The molecule has 0 spiro atoms. The van der Waals surface area contributed by atoms with E-state index in [0.29, 0.717) is 26.1 Å². The van der Waals surface area contributed by atoms with Gasteiger partial charge >= 0.3 is 0 Å². The van der Waals surface area contributed by atoms with Gasteiger partial charge in [0.2, 0.25) is 15.9 Å². The summed E-state index contributed by atoms with van der Waals surface area (Å²) < 4.78 is 27.8. The van der Waals surface area contributed by atoms with Gasteiger partial charge < -0.3 is 15.8 Å². The Labute approximate surface area is 127 Å². The van der Waals surface area contributed by atoms with Crippen molar-refractivity contribution in [1.82, 2.24) is 0 Å². The zero-order chi connectivity index (χ0) is 15.7. The fraction of sp³-hybridized carbons (Fsp3) is 0.417. The van der Waals surface area contributed by atoms with E-state index in [2.05, 4.69) is 5.32 Å². The number of nitrogens with two attached hydrogens (primary N) is 2. The summed E-state index contributed by atoms with van der Waals surface area (Å²) in [4.78, 5) is 12.1. The van der Waals surface area contributed by atoms with E-state index in [1.165, 1.54) is 18.2 Å². The summed E-state index contributed by atoms with van der Waals surface area (Å²) >= 11 is 5.96. The van der Waals surface area contributed by atoms with Gasteiger partial charge in [0.05, 0.1) is 15.6 Å². The SMILES string of the molecule is NC1(C(=O)Nc2cc(S(N)(=O)=O)ccc2Cl)CCOCC1. The van der Waals surface area contributed by atoms with Crippen LogP contribution in [0.5, 0.6) is 0 Å². The summed E-state index contributed by atoms with van der Waals surface area (Å²) in [7, 11) is -3.88. The first-order valence-corrected chi connectivity index (χ1v) is 8.15. The average Bonchev–Trinajstić information content (AvgIpc) is 2.40. The highest BCUT2D eigenvalue weighted by atomic mass is 35.5. The number of carbonyl (C=O) groups excluding carboxylic acids is 1. The fourth-order valence-electron chi connectivity index (χ4n) is 1.99. The van der Waals surface area contributed by atoms with Gasteiger partial charge in [-0.05, 0) is 31.0 Å². The van der Waals surface area contributed by atoms with Crippen molar-refractivity contribution in [1.29, 1.82) is 0 Å². The zero-order valence-corrected chi connectivity index (χ0v) is 12.7. The molecule has 1 fully saturated rings. The topological polar surface area (TPSA) is 125 Å². The lowest BCUT2D eigenvalue weighted by molar-refractivity contribution is -0.124. The Balaban J connectivity index is 2.24. The fourth-order valence-corrected chi connectivity index (χ4v) is 2.69. The van der Waals surface area contributed by atoms with Crippen molar-refractivity contribution in [2.24, 2.45) is 10.9 Å². The first-order chi connectivity index (χ1) is 9.72. The van der Waals surface area contributed by atoms with E-state index in [-0.39, 0.29) is 15.6 Å². The molecule has 1 heterocycles. The molecule has 1 amide bonds. The molecule has 2 rings (SSSR count). The van der Waals surface area contributed by atoms with Gasteiger partial charge in [0, 0.05) is 13.2 Å². The van der Waals surface area contributed by atoms with E-state index in [9.17, 15) is 13.2 Å². The quantitative estimate of drug-likeness (QED) is 0.740. The van der Waals surface area contributed by atoms with Crippen molar-refractivity contribution in [3.63, 3.8) is 0 Å². The van der Waals surface area contributed by atoms with Crippen LogP contribution < -0.4 is 16.2 Å². The molecule has 1 aromatic carbocycles. The molecular formula is C12H16ClN3O4S. The number of hydrogen-bond acceptors (Lipinski definition) is 5. The van der Waals surface area contributed by atoms with Crippen LogP contribution in [0, 0.1) is 0 Å². The molecule has 0 aromatic heterocycles. The molecule has 9 heteroatoms. The minimum Gasteiger partial charge on any atom is -0.381 e. The van der Waals surface area contributed by atoms with E-state index in [1.807, 2.05) is 0 Å². The van der Waals surface area contributed by atoms with Crippen molar-refractivity contribution >= 4 is 33.2 Å². The van der Waals surface area contributed by atoms with Crippen LogP contribution in [0.15, 0.2) is 23.1 Å². The highest BCUT2D eigenvalue weighted by Gasteiger charge is 2.36. The van der Waals surface area contributed by atoms with Gasteiger partial charge in [0.25, 0.3) is 0 Å². The third-order valence-corrected chi connectivity index (χ3v) is 4.59. The Bertz CT molecular complexity index is 656. The molecule has 0 bridgehead atoms. The largest absolute Gasteiger partial charge is 0.381 e. The maximum atomic E-state index is 12.3. The molecule has 1 aliphatic heterocycles. The van der Waals surface area contributed by atoms with E-state index in [4.69, 9.17) is 27.2 Å². The summed E-state index contributed by atoms with van der Waals surface area (Å²) in [5.41, 5.74) is 5.15. The lowest BCUT2D eigenvalue weighted by atomic mass is 9.90. The van der Waals surface area contributed by atoms with Crippen molar-refractivity contribution in [3.8, 4) is 0 Å². The molecule has 116 valence electrons. The van der Waals surface area contributed by atoms with Crippen molar-refractivity contribution in [2.45, 2.75) is 23.3 Å². The van der Waals surface area contributed by atoms with Crippen LogP contribution in [0.4, 0.5) is 5.69 Å². The summed E-state index contributed by atoms with van der Waals surface area (Å²) in [6.07, 6.45) is 0.761. The lowest BCUT2D eigenvalue weighted by Crippen LogP contribution is -2.54. The molecule has 0 unspecified atom stereocenters. The van der Waals surface area contributed by atoms with Gasteiger partial charge in [-0.25, -0.2) is 13.6 Å². The Morgan fingerprint density at radius 3 is 2.52 bits per heavy atom. The summed E-state index contributed by atoms with van der Waals surface area (Å²) in [6.45, 7) is 0.795. The molecule has 1 aromatic rings. The lowest BCUT2D eigenvalue weighted by Gasteiger charge is -2.31. The molecule has 0 radical (unpaired) electrons.